The summed E-state index contributed by atoms with van der Waals surface area (Å²) in [6.45, 7) is 5.06. The highest BCUT2D eigenvalue weighted by molar-refractivity contribution is 5.36. The Morgan fingerprint density at radius 3 is 2.72 bits per heavy atom. The number of aromatic nitrogens is 5. The zero-order valence-electron chi connectivity index (χ0n) is 14.4. The monoisotopic (exact) mass is 338 g/mol. The summed E-state index contributed by atoms with van der Waals surface area (Å²) in [5, 5.41) is 17.3. The first-order chi connectivity index (χ1) is 12.3. The molecule has 7 nitrogen and oxygen atoms in total. The summed E-state index contributed by atoms with van der Waals surface area (Å²) < 4.78 is 7.38. The summed E-state index contributed by atoms with van der Waals surface area (Å²) in [5.41, 5.74) is 3.10. The van der Waals surface area contributed by atoms with Crippen LogP contribution in [0.25, 0.3) is 5.65 Å². The van der Waals surface area contributed by atoms with Gasteiger partial charge in [-0.25, -0.2) is 0 Å². The van der Waals surface area contributed by atoms with Crippen LogP contribution in [0.4, 0.5) is 0 Å². The van der Waals surface area contributed by atoms with E-state index in [2.05, 4.69) is 25.4 Å². The Labute approximate surface area is 146 Å². The highest BCUT2D eigenvalue weighted by atomic mass is 16.5. The van der Waals surface area contributed by atoms with Crippen LogP contribution in [0.1, 0.15) is 60.4 Å². The van der Waals surface area contributed by atoms with Crippen LogP contribution in [0.3, 0.4) is 0 Å². The zero-order chi connectivity index (χ0) is 16.8. The molecule has 3 aromatic rings. The molecule has 1 saturated heterocycles. The molecule has 2 aliphatic rings. The summed E-state index contributed by atoms with van der Waals surface area (Å²) in [6, 6.07) is 3.96. The topological polar surface area (TPSA) is 72.4 Å². The summed E-state index contributed by atoms with van der Waals surface area (Å²) >= 11 is 0. The number of fused-ring (bicyclic) bond motifs is 1. The minimum Gasteiger partial charge on any atom is -0.361 e. The largest absolute Gasteiger partial charge is 0.361 e. The third-order valence-corrected chi connectivity index (χ3v) is 5.39. The SMILES string of the molecule is Cc1ccc2nnc(C3CCN(Cc4cnoc4C4CC4)CC3)n2n1. The molecule has 1 aliphatic carbocycles. The lowest BCUT2D eigenvalue weighted by molar-refractivity contribution is 0.199. The second-order valence-electron chi connectivity index (χ2n) is 7.34. The van der Waals surface area contributed by atoms with E-state index in [4.69, 9.17) is 4.52 Å². The molecule has 0 bridgehead atoms. The molecule has 1 aliphatic heterocycles. The first-order valence-corrected chi connectivity index (χ1v) is 9.12. The van der Waals surface area contributed by atoms with Gasteiger partial charge in [0.15, 0.2) is 11.5 Å². The molecule has 7 heteroatoms. The number of aryl methyl sites for hydroxylation is 1. The van der Waals surface area contributed by atoms with E-state index < -0.39 is 0 Å². The van der Waals surface area contributed by atoms with Crippen LogP contribution in [0.15, 0.2) is 22.9 Å². The van der Waals surface area contributed by atoms with Crippen molar-refractivity contribution in [3.63, 3.8) is 0 Å². The number of hydrogen-bond acceptors (Lipinski definition) is 6. The van der Waals surface area contributed by atoms with Crippen LogP contribution in [0.5, 0.6) is 0 Å². The Balaban J connectivity index is 1.27. The predicted octanol–water partition coefficient (Wildman–Crippen LogP) is 2.68. The fourth-order valence-corrected chi connectivity index (χ4v) is 3.81. The van der Waals surface area contributed by atoms with Crippen molar-refractivity contribution in [2.75, 3.05) is 13.1 Å². The van der Waals surface area contributed by atoms with Crippen LogP contribution >= 0.6 is 0 Å². The van der Waals surface area contributed by atoms with E-state index in [0.29, 0.717) is 11.8 Å². The molecule has 0 radical (unpaired) electrons. The molecule has 130 valence electrons. The molecule has 0 unspecified atom stereocenters. The standard InChI is InChI=1S/C18H22N6O/c1-12-2-5-16-20-21-18(24(16)22-12)14-6-8-23(9-7-14)11-15-10-19-25-17(15)13-3-4-13/h2,5,10,13-14H,3-4,6-9,11H2,1H3. The summed E-state index contributed by atoms with van der Waals surface area (Å²) in [4.78, 5) is 2.50. The van der Waals surface area contributed by atoms with E-state index in [0.717, 1.165) is 55.4 Å². The molecule has 0 N–H and O–H groups in total. The lowest BCUT2D eigenvalue weighted by Crippen LogP contribution is -2.33. The lowest BCUT2D eigenvalue weighted by atomic mass is 9.95. The molecule has 0 spiro atoms. The fourth-order valence-electron chi connectivity index (χ4n) is 3.81. The smallest absolute Gasteiger partial charge is 0.177 e. The van der Waals surface area contributed by atoms with Crippen molar-refractivity contribution in [1.29, 1.82) is 0 Å². The number of piperidine rings is 1. The molecule has 25 heavy (non-hydrogen) atoms. The first kappa shape index (κ1) is 15.0. The minimum absolute atomic E-state index is 0.422. The van der Waals surface area contributed by atoms with Crippen LogP contribution < -0.4 is 0 Å². The summed E-state index contributed by atoms with van der Waals surface area (Å²) in [5.74, 6) is 3.16. The molecular weight excluding hydrogens is 316 g/mol. The number of nitrogens with zero attached hydrogens (tertiary/aromatic N) is 6. The average molecular weight is 338 g/mol. The molecule has 0 atom stereocenters. The molecular formula is C18H22N6O. The van der Waals surface area contributed by atoms with Crippen LogP contribution in [0, 0.1) is 6.92 Å². The van der Waals surface area contributed by atoms with E-state index in [9.17, 15) is 0 Å². The molecule has 5 rings (SSSR count). The van der Waals surface area contributed by atoms with Gasteiger partial charge in [0.05, 0.1) is 11.9 Å². The molecule has 4 heterocycles. The molecule has 0 amide bonds. The highest BCUT2D eigenvalue weighted by Gasteiger charge is 2.31. The second-order valence-corrected chi connectivity index (χ2v) is 7.34. The number of hydrogen-bond donors (Lipinski definition) is 0. The van der Waals surface area contributed by atoms with Crippen molar-refractivity contribution in [3.8, 4) is 0 Å². The van der Waals surface area contributed by atoms with Crippen molar-refractivity contribution in [2.24, 2.45) is 0 Å². The van der Waals surface area contributed by atoms with E-state index in [1.807, 2.05) is 29.8 Å². The van der Waals surface area contributed by atoms with Crippen LogP contribution in [-0.2, 0) is 6.54 Å². The van der Waals surface area contributed by atoms with E-state index in [1.165, 1.54) is 18.4 Å². The highest BCUT2D eigenvalue weighted by Crippen LogP contribution is 2.42. The zero-order valence-corrected chi connectivity index (χ0v) is 14.4. The van der Waals surface area contributed by atoms with Crippen molar-refractivity contribution in [3.05, 3.63) is 41.2 Å². The Hall–Kier alpha value is -2.28. The summed E-state index contributed by atoms with van der Waals surface area (Å²) in [6.07, 6.45) is 6.56. The van der Waals surface area contributed by atoms with Gasteiger partial charge in [-0.05, 0) is 57.8 Å². The van der Waals surface area contributed by atoms with Gasteiger partial charge in [0, 0.05) is 23.9 Å². The maximum Gasteiger partial charge on any atom is 0.177 e. The normalized spacial score (nSPS) is 19.7. The summed E-state index contributed by atoms with van der Waals surface area (Å²) in [7, 11) is 0. The van der Waals surface area contributed by atoms with Gasteiger partial charge in [-0.15, -0.1) is 10.2 Å². The molecule has 1 saturated carbocycles. The second kappa shape index (κ2) is 5.91. The minimum atomic E-state index is 0.422. The van der Waals surface area contributed by atoms with Gasteiger partial charge in [0.1, 0.15) is 5.76 Å². The third kappa shape index (κ3) is 2.82. The van der Waals surface area contributed by atoms with Crippen molar-refractivity contribution in [2.45, 2.75) is 51.0 Å². The molecule has 0 aromatic carbocycles. The first-order valence-electron chi connectivity index (χ1n) is 9.12. The van der Waals surface area contributed by atoms with Gasteiger partial charge in [0.25, 0.3) is 0 Å². The predicted molar refractivity (Wildman–Crippen MR) is 91.2 cm³/mol. The Morgan fingerprint density at radius 2 is 1.92 bits per heavy atom. The van der Waals surface area contributed by atoms with E-state index in [-0.39, 0.29) is 0 Å². The fraction of sp³-hybridized carbons (Fsp3) is 0.556. The van der Waals surface area contributed by atoms with Gasteiger partial charge < -0.3 is 4.52 Å². The van der Waals surface area contributed by atoms with Gasteiger partial charge in [0.2, 0.25) is 0 Å². The van der Waals surface area contributed by atoms with E-state index >= 15 is 0 Å². The van der Waals surface area contributed by atoms with Crippen molar-refractivity contribution < 1.29 is 4.52 Å². The van der Waals surface area contributed by atoms with Gasteiger partial charge in [-0.2, -0.15) is 9.61 Å². The van der Waals surface area contributed by atoms with Crippen LogP contribution in [0.2, 0.25) is 0 Å². The Kier molecular flexibility index (Phi) is 3.55. The van der Waals surface area contributed by atoms with Crippen LogP contribution in [-0.4, -0.2) is 43.0 Å². The van der Waals surface area contributed by atoms with Crippen molar-refractivity contribution >= 4 is 5.65 Å². The maximum absolute atomic E-state index is 5.46. The van der Waals surface area contributed by atoms with Gasteiger partial charge in [-0.3, -0.25) is 4.90 Å². The van der Waals surface area contributed by atoms with Gasteiger partial charge >= 0.3 is 0 Å². The Morgan fingerprint density at radius 1 is 1.08 bits per heavy atom. The van der Waals surface area contributed by atoms with E-state index in [1.54, 1.807) is 0 Å². The average Bonchev–Trinajstić information content (AvgIpc) is 3.22. The lowest BCUT2D eigenvalue weighted by Gasteiger charge is -2.30. The molecule has 2 fully saturated rings. The van der Waals surface area contributed by atoms with Gasteiger partial charge in [-0.1, -0.05) is 5.16 Å². The number of likely N-dealkylation sites (tertiary alicyclic amines) is 1. The molecule has 3 aromatic heterocycles. The Bertz CT molecular complexity index is 888. The number of rotatable bonds is 4. The quantitative estimate of drug-likeness (QED) is 0.728. The maximum atomic E-state index is 5.46. The third-order valence-electron chi connectivity index (χ3n) is 5.39. The van der Waals surface area contributed by atoms with Crippen molar-refractivity contribution in [1.82, 2.24) is 29.9 Å².